The van der Waals surface area contributed by atoms with Gasteiger partial charge in [-0.3, -0.25) is 0 Å². The van der Waals surface area contributed by atoms with Crippen LogP contribution in [0.1, 0.15) is 10.6 Å². The number of fused-ring (bicyclic) bond motifs is 1. The third-order valence-corrected chi connectivity index (χ3v) is 1.59. The number of aromatic nitrogens is 2. The Kier molecular flexibility index (Phi) is 0.869. The zero-order chi connectivity index (χ0) is 7.14. The monoisotopic (exact) mass is 139 g/mol. The average Bonchev–Trinajstić information content (AvgIpc) is 2.40. The van der Waals surface area contributed by atoms with E-state index >= 15 is 0 Å². The Morgan fingerprint density at radius 3 is 3.30 bits per heavy atom. The standard InChI is InChI=1S/C6H7N2O2/c1-7-2-3-8-4-10-6(9)5(7)8/h2-3H,4H2,1H3/q+1. The zero-order valence-corrected chi connectivity index (χ0v) is 5.57. The predicted octanol–water partition coefficient (Wildman–Crippen LogP) is -0.560. The van der Waals surface area contributed by atoms with E-state index in [2.05, 4.69) is 0 Å². The molecule has 0 aromatic carbocycles. The van der Waals surface area contributed by atoms with Gasteiger partial charge in [-0.1, -0.05) is 0 Å². The fraction of sp³-hybridized carbons (Fsp3) is 0.333. The number of ether oxygens (including phenoxy) is 1. The van der Waals surface area contributed by atoms with E-state index in [1.807, 2.05) is 19.4 Å². The summed E-state index contributed by atoms with van der Waals surface area (Å²) in [6.07, 6.45) is 3.65. The largest absolute Gasteiger partial charge is 0.425 e. The highest BCUT2D eigenvalue weighted by Crippen LogP contribution is 2.05. The lowest BCUT2D eigenvalue weighted by atomic mass is 10.6. The Morgan fingerprint density at radius 2 is 2.60 bits per heavy atom. The van der Waals surface area contributed by atoms with Gasteiger partial charge in [-0.05, 0) is 0 Å². The highest BCUT2D eigenvalue weighted by atomic mass is 16.6. The van der Waals surface area contributed by atoms with Crippen molar-refractivity contribution < 1.29 is 14.1 Å². The van der Waals surface area contributed by atoms with Gasteiger partial charge in [0, 0.05) is 0 Å². The van der Waals surface area contributed by atoms with Crippen molar-refractivity contribution in [3.8, 4) is 0 Å². The van der Waals surface area contributed by atoms with Crippen LogP contribution in [0.15, 0.2) is 12.4 Å². The smallest absolute Gasteiger partial charge is 0.416 e. The van der Waals surface area contributed by atoms with Gasteiger partial charge in [-0.15, -0.1) is 0 Å². The van der Waals surface area contributed by atoms with Crippen molar-refractivity contribution in [2.24, 2.45) is 7.05 Å². The summed E-state index contributed by atoms with van der Waals surface area (Å²) in [5.74, 6) is 0.368. The topological polar surface area (TPSA) is 35.1 Å². The second-order valence-corrected chi connectivity index (χ2v) is 2.26. The average molecular weight is 139 g/mol. The first-order valence-corrected chi connectivity index (χ1v) is 3.01. The number of carbonyl (C=O) groups is 1. The van der Waals surface area contributed by atoms with Crippen molar-refractivity contribution in [2.75, 3.05) is 0 Å². The Morgan fingerprint density at radius 1 is 1.80 bits per heavy atom. The van der Waals surface area contributed by atoms with E-state index in [4.69, 9.17) is 4.74 Å². The minimum atomic E-state index is -0.243. The molecule has 4 nitrogen and oxygen atoms in total. The molecule has 1 aliphatic rings. The fourth-order valence-electron chi connectivity index (χ4n) is 1.08. The number of esters is 1. The first kappa shape index (κ1) is 5.46. The van der Waals surface area contributed by atoms with Crippen LogP contribution in [0, 0.1) is 0 Å². The minimum Gasteiger partial charge on any atom is -0.416 e. The maximum absolute atomic E-state index is 10.9. The van der Waals surface area contributed by atoms with E-state index < -0.39 is 0 Å². The molecule has 2 heterocycles. The van der Waals surface area contributed by atoms with Crippen LogP contribution in [0.4, 0.5) is 0 Å². The molecule has 0 amide bonds. The van der Waals surface area contributed by atoms with Crippen molar-refractivity contribution in [3.63, 3.8) is 0 Å². The van der Waals surface area contributed by atoms with Crippen LogP contribution >= 0.6 is 0 Å². The maximum Gasteiger partial charge on any atom is 0.425 e. The zero-order valence-electron chi connectivity index (χ0n) is 5.57. The number of cyclic esters (lactones) is 1. The van der Waals surface area contributed by atoms with Crippen LogP contribution in [0.2, 0.25) is 0 Å². The molecule has 2 rings (SSSR count). The summed E-state index contributed by atoms with van der Waals surface area (Å²) in [6, 6.07) is 0. The van der Waals surface area contributed by atoms with Crippen molar-refractivity contribution in [1.82, 2.24) is 4.57 Å². The molecule has 0 radical (unpaired) electrons. The van der Waals surface area contributed by atoms with E-state index in [0.717, 1.165) is 0 Å². The van der Waals surface area contributed by atoms with E-state index in [0.29, 0.717) is 12.6 Å². The highest BCUT2D eigenvalue weighted by molar-refractivity contribution is 5.85. The molecular weight excluding hydrogens is 132 g/mol. The van der Waals surface area contributed by atoms with Crippen molar-refractivity contribution in [3.05, 3.63) is 18.2 Å². The number of imidazole rings is 1. The van der Waals surface area contributed by atoms with E-state index in [9.17, 15) is 4.79 Å². The minimum absolute atomic E-state index is 0.243. The van der Waals surface area contributed by atoms with Gasteiger partial charge in [0.2, 0.25) is 6.73 Å². The normalized spacial score (nSPS) is 15.1. The lowest BCUT2D eigenvalue weighted by molar-refractivity contribution is -0.672. The third kappa shape index (κ3) is 0.504. The maximum atomic E-state index is 10.9. The van der Waals surface area contributed by atoms with Crippen LogP contribution in [0.5, 0.6) is 0 Å². The quantitative estimate of drug-likeness (QED) is 0.357. The summed E-state index contributed by atoms with van der Waals surface area (Å²) in [4.78, 5) is 10.9. The van der Waals surface area contributed by atoms with Gasteiger partial charge in [0.15, 0.2) is 0 Å². The molecule has 1 aromatic rings. The van der Waals surface area contributed by atoms with E-state index in [1.54, 1.807) is 9.13 Å². The van der Waals surface area contributed by atoms with Crippen LogP contribution in [0.25, 0.3) is 0 Å². The Hall–Kier alpha value is -1.32. The molecular formula is C6H7N2O2+. The van der Waals surface area contributed by atoms with Crippen molar-refractivity contribution in [2.45, 2.75) is 6.73 Å². The lowest BCUT2D eigenvalue weighted by Crippen LogP contribution is -2.32. The number of nitrogens with zero attached hydrogens (tertiary/aromatic N) is 2. The summed E-state index contributed by atoms with van der Waals surface area (Å²) >= 11 is 0. The summed E-state index contributed by atoms with van der Waals surface area (Å²) in [7, 11) is 1.82. The number of hydrogen-bond donors (Lipinski definition) is 0. The molecule has 52 valence electrons. The van der Waals surface area contributed by atoms with Gasteiger partial charge in [-0.2, -0.15) is 4.57 Å². The Balaban J connectivity index is 2.65. The molecule has 1 aromatic heterocycles. The number of carbonyl (C=O) groups excluding carboxylic acids is 1. The summed E-state index contributed by atoms with van der Waals surface area (Å²) in [5, 5.41) is 0. The second kappa shape index (κ2) is 1.59. The fourth-order valence-corrected chi connectivity index (χ4v) is 1.08. The molecule has 0 aliphatic carbocycles. The summed E-state index contributed by atoms with van der Waals surface area (Å²) in [5.41, 5.74) is 0. The van der Waals surface area contributed by atoms with Gasteiger partial charge >= 0.3 is 11.8 Å². The van der Waals surface area contributed by atoms with Gasteiger partial charge in [0.1, 0.15) is 12.4 Å². The molecule has 0 saturated carbocycles. The first-order chi connectivity index (χ1) is 4.79. The van der Waals surface area contributed by atoms with Gasteiger partial charge in [0.05, 0.1) is 7.05 Å². The molecule has 10 heavy (non-hydrogen) atoms. The lowest BCUT2D eigenvalue weighted by Gasteiger charge is -1.82. The van der Waals surface area contributed by atoms with Crippen molar-refractivity contribution in [1.29, 1.82) is 0 Å². The van der Waals surface area contributed by atoms with Gasteiger partial charge < -0.3 is 4.74 Å². The van der Waals surface area contributed by atoms with Crippen LogP contribution in [0.3, 0.4) is 0 Å². The Labute approximate surface area is 57.6 Å². The number of hydrogen-bond acceptors (Lipinski definition) is 2. The predicted molar refractivity (Wildman–Crippen MR) is 31.0 cm³/mol. The molecule has 4 heteroatoms. The SMILES string of the molecule is C[n+]1ccn2c1C(=O)OC2. The number of rotatable bonds is 0. The molecule has 0 bridgehead atoms. The molecule has 0 saturated heterocycles. The Bertz CT molecular complexity index is 290. The van der Waals surface area contributed by atoms with E-state index in [1.165, 1.54) is 0 Å². The highest BCUT2D eigenvalue weighted by Gasteiger charge is 2.31. The molecule has 1 aliphatic heterocycles. The molecule has 0 N–H and O–H groups in total. The van der Waals surface area contributed by atoms with Crippen LogP contribution in [-0.2, 0) is 18.5 Å². The molecule has 0 fully saturated rings. The van der Waals surface area contributed by atoms with Crippen LogP contribution in [-0.4, -0.2) is 10.5 Å². The molecule has 0 unspecified atom stereocenters. The second-order valence-electron chi connectivity index (χ2n) is 2.26. The van der Waals surface area contributed by atoms with Gasteiger partial charge in [-0.25, -0.2) is 9.36 Å². The van der Waals surface area contributed by atoms with Crippen LogP contribution < -0.4 is 4.57 Å². The van der Waals surface area contributed by atoms with Crippen molar-refractivity contribution >= 4 is 5.97 Å². The van der Waals surface area contributed by atoms with Gasteiger partial charge in [0.25, 0.3) is 0 Å². The summed E-state index contributed by atoms with van der Waals surface area (Å²) in [6.45, 7) is 0.356. The number of aryl methyl sites for hydroxylation is 1. The van der Waals surface area contributed by atoms with E-state index in [-0.39, 0.29) is 5.97 Å². The molecule has 0 spiro atoms. The summed E-state index contributed by atoms with van der Waals surface area (Å²) < 4.78 is 8.26. The first-order valence-electron chi connectivity index (χ1n) is 3.01. The molecule has 0 atom stereocenters. The third-order valence-electron chi connectivity index (χ3n) is 1.59.